The van der Waals surface area contributed by atoms with Gasteiger partial charge in [-0.1, -0.05) is 43.8 Å². The predicted molar refractivity (Wildman–Crippen MR) is 69.1 cm³/mol. The number of thioether (sulfide) groups is 1. The van der Waals surface area contributed by atoms with E-state index >= 15 is 0 Å². The molecule has 2 rings (SSSR count). The SMILES string of the molecule is CCC(C)Sc1nnc(Cc2ccccc2F)o1. The Morgan fingerprint density at radius 2 is 2.11 bits per heavy atom. The molecule has 0 bridgehead atoms. The Morgan fingerprint density at radius 1 is 1.33 bits per heavy atom. The van der Waals surface area contributed by atoms with Crippen LogP contribution in [0.3, 0.4) is 0 Å². The topological polar surface area (TPSA) is 38.9 Å². The van der Waals surface area contributed by atoms with Gasteiger partial charge in [0.15, 0.2) is 0 Å². The van der Waals surface area contributed by atoms with Gasteiger partial charge in [-0.05, 0) is 18.1 Å². The maximum atomic E-state index is 13.5. The zero-order valence-corrected chi connectivity index (χ0v) is 11.2. The van der Waals surface area contributed by atoms with Gasteiger partial charge in [0.25, 0.3) is 5.22 Å². The monoisotopic (exact) mass is 266 g/mol. The maximum Gasteiger partial charge on any atom is 0.276 e. The van der Waals surface area contributed by atoms with E-state index in [0.29, 0.717) is 28.3 Å². The summed E-state index contributed by atoms with van der Waals surface area (Å²) in [4.78, 5) is 0. The highest BCUT2D eigenvalue weighted by Crippen LogP contribution is 2.24. The van der Waals surface area contributed by atoms with Gasteiger partial charge in [-0.15, -0.1) is 10.2 Å². The lowest BCUT2D eigenvalue weighted by Crippen LogP contribution is -1.92. The molecule has 0 saturated heterocycles. The highest BCUT2D eigenvalue weighted by Gasteiger charge is 2.12. The van der Waals surface area contributed by atoms with E-state index in [1.54, 1.807) is 30.0 Å². The second-order valence-electron chi connectivity index (χ2n) is 4.07. The van der Waals surface area contributed by atoms with Crippen LogP contribution < -0.4 is 0 Å². The molecule has 1 aromatic carbocycles. The molecule has 96 valence electrons. The van der Waals surface area contributed by atoms with E-state index in [-0.39, 0.29) is 5.82 Å². The van der Waals surface area contributed by atoms with Gasteiger partial charge >= 0.3 is 0 Å². The van der Waals surface area contributed by atoms with E-state index < -0.39 is 0 Å². The molecule has 0 saturated carbocycles. The molecule has 0 aliphatic carbocycles. The van der Waals surface area contributed by atoms with Crippen LogP contribution in [0, 0.1) is 5.82 Å². The first-order valence-electron chi connectivity index (χ1n) is 5.91. The Morgan fingerprint density at radius 3 is 2.83 bits per heavy atom. The van der Waals surface area contributed by atoms with Gasteiger partial charge in [-0.25, -0.2) is 4.39 Å². The molecule has 2 aromatic rings. The molecule has 1 aromatic heterocycles. The third-order valence-corrected chi connectivity index (χ3v) is 3.73. The summed E-state index contributed by atoms with van der Waals surface area (Å²) >= 11 is 1.55. The van der Waals surface area contributed by atoms with Crippen LogP contribution in [-0.2, 0) is 6.42 Å². The van der Waals surface area contributed by atoms with Gasteiger partial charge in [-0.2, -0.15) is 0 Å². The van der Waals surface area contributed by atoms with E-state index in [0.717, 1.165) is 6.42 Å². The minimum atomic E-state index is -0.244. The molecule has 0 amide bonds. The zero-order chi connectivity index (χ0) is 13.0. The normalized spacial score (nSPS) is 12.6. The third kappa shape index (κ3) is 3.32. The van der Waals surface area contributed by atoms with Crippen molar-refractivity contribution in [3.05, 3.63) is 41.5 Å². The average molecular weight is 266 g/mol. The van der Waals surface area contributed by atoms with Gasteiger partial charge in [0.05, 0.1) is 6.42 Å². The molecule has 0 aliphatic rings. The van der Waals surface area contributed by atoms with Gasteiger partial charge in [-0.3, -0.25) is 0 Å². The fraction of sp³-hybridized carbons (Fsp3) is 0.385. The number of hydrogen-bond donors (Lipinski definition) is 0. The zero-order valence-electron chi connectivity index (χ0n) is 10.4. The molecule has 0 aliphatic heterocycles. The Hall–Kier alpha value is -1.36. The van der Waals surface area contributed by atoms with Crippen LogP contribution in [0.25, 0.3) is 0 Å². The van der Waals surface area contributed by atoms with Crippen molar-refractivity contribution >= 4 is 11.8 Å². The van der Waals surface area contributed by atoms with Gasteiger partial charge in [0, 0.05) is 5.25 Å². The standard InChI is InChI=1S/C13H15FN2OS/c1-3-9(2)18-13-16-15-12(17-13)8-10-6-4-5-7-11(10)14/h4-7,9H,3,8H2,1-2H3. The lowest BCUT2D eigenvalue weighted by Gasteiger charge is -2.02. The van der Waals surface area contributed by atoms with E-state index in [1.165, 1.54) is 6.07 Å². The minimum absolute atomic E-state index is 0.244. The quantitative estimate of drug-likeness (QED) is 0.774. The second kappa shape index (κ2) is 6.00. The molecular weight excluding hydrogens is 251 g/mol. The van der Waals surface area contributed by atoms with E-state index in [4.69, 9.17) is 4.42 Å². The van der Waals surface area contributed by atoms with Crippen LogP contribution >= 0.6 is 11.8 Å². The van der Waals surface area contributed by atoms with Crippen LogP contribution in [0.2, 0.25) is 0 Å². The molecule has 0 fully saturated rings. The summed E-state index contributed by atoms with van der Waals surface area (Å²) in [6, 6.07) is 6.61. The molecule has 1 atom stereocenters. The maximum absolute atomic E-state index is 13.5. The second-order valence-corrected chi connectivity index (χ2v) is 5.46. The van der Waals surface area contributed by atoms with Crippen molar-refractivity contribution in [1.82, 2.24) is 10.2 Å². The molecule has 1 heterocycles. The van der Waals surface area contributed by atoms with E-state index in [9.17, 15) is 4.39 Å². The first kappa shape index (κ1) is 13.1. The van der Waals surface area contributed by atoms with Crippen molar-refractivity contribution < 1.29 is 8.81 Å². The Balaban J connectivity index is 2.05. The summed E-state index contributed by atoms with van der Waals surface area (Å²) in [6.07, 6.45) is 1.37. The molecule has 0 radical (unpaired) electrons. The van der Waals surface area contributed by atoms with Crippen LogP contribution in [0.5, 0.6) is 0 Å². The van der Waals surface area contributed by atoms with E-state index in [2.05, 4.69) is 24.0 Å². The van der Waals surface area contributed by atoms with Gasteiger partial charge in [0.1, 0.15) is 5.82 Å². The fourth-order valence-corrected chi connectivity index (χ4v) is 2.16. The smallest absolute Gasteiger partial charge is 0.276 e. The highest BCUT2D eigenvalue weighted by molar-refractivity contribution is 7.99. The number of benzene rings is 1. The average Bonchev–Trinajstić information content (AvgIpc) is 2.79. The first-order chi connectivity index (χ1) is 8.69. The molecule has 1 unspecified atom stereocenters. The number of halogens is 1. The lowest BCUT2D eigenvalue weighted by atomic mass is 10.1. The van der Waals surface area contributed by atoms with Gasteiger partial charge < -0.3 is 4.42 Å². The summed E-state index contributed by atoms with van der Waals surface area (Å²) < 4.78 is 18.9. The summed E-state index contributed by atoms with van der Waals surface area (Å²) in [6.45, 7) is 4.21. The Bertz CT molecular complexity index is 515. The number of nitrogens with zero attached hydrogens (tertiary/aromatic N) is 2. The third-order valence-electron chi connectivity index (χ3n) is 2.62. The summed E-state index contributed by atoms with van der Waals surface area (Å²) in [5.74, 6) is 0.206. The fourth-order valence-electron chi connectivity index (χ4n) is 1.42. The van der Waals surface area contributed by atoms with Crippen LogP contribution in [0.4, 0.5) is 4.39 Å². The molecule has 0 spiro atoms. The first-order valence-corrected chi connectivity index (χ1v) is 6.79. The van der Waals surface area contributed by atoms with Crippen LogP contribution in [0.15, 0.2) is 33.9 Å². The number of hydrogen-bond acceptors (Lipinski definition) is 4. The predicted octanol–water partition coefficient (Wildman–Crippen LogP) is 3.69. The van der Waals surface area contributed by atoms with Crippen molar-refractivity contribution in [2.75, 3.05) is 0 Å². The molecule has 5 heteroatoms. The Labute approximate surface area is 110 Å². The molecule has 18 heavy (non-hydrogen) atoms. The summed E-state index contributed by atoms with van der Waals surface area (Å²) in [5, 5.41) is 8.88. The van der Waals surface area contributed by atoms with Crippen molar-refractivity contribution in [2.45, 2.75) is 37.2 Å². The van der Waals surface area contributed by atoms with Crippen molar-refractivity contribution in [3.8, 4) is 0 Å². The lowest BCUT2D eigenvalue weighted by molar-refractivity contribution is 0.417. The van der Waals surface area contributed by atoms with Crippen molar-refractivity contribution in [1.29, 1.82) is 0 Å². The number of aromatic nitrogens is 2. The van der Waals surface area contributed by atoms with Crippen molar-refractivity contribution in [3.63, 3.8) is 0 Å². The largest absolute Gasteiger partial charge is 0.416 e. The van der Waals surface area contributed by atoms with Crippen molar-refractivity contribution in [2.24, 2.45) is 0 Å². The molecular formula is C13H15FN2OS. The van der Waals surface area contributed by atoms with Crippen LogP contribution in [-0.4, -0.2) is 15.4 Å². The summed E-state index contributed by atoms with van der Waals surface area (Å²) in [5.41, 5.74) is 0.571. The van der Waals surface area contributed by atoms with Gasteiger partial charge in [0.2, 0.25) is 5.89 Å². The Kier molecular flexibility index (Phi) is 4.36. The van der Waals surface area contributed by atoms with Crippen LogP contribution in [0.1, 0.15) is 31.7 Å². The minimum Gasteiger partial charge on any atom is -0.416 e. The highest BCUT2D eigenvalue weighted by atomic mass is 32.2. The number of rotatable bonds is 5. The van der Waals surface area contributed by atoms with E-state index in [1.807, 2.05) is 0 Å². The molecule has 0 N–H and O–H groups in total. The molecule has 3 nitrogen and oxygen atoms in total. The summed E-state index contributed by atoms with van der Waals surface area (Å²) in [7, 11) is 0.